The highest BCUT2D eigenvalue weighted by atomic mass is 16.2. The number of pyridine rings is 1. The monoisotopic (exact) mass is 254 g/mol. The van der Waals surface area contributed by atoms with E-state index in [0.29, 0.717) is 5.69 Å². The van der Waals surface area contributed by atoms with E-state index in [2.05, 4.69) is 30.7 Å². The third-order valence-corrected chi connectivity index (χ3v) is 3.37. The predicted octanol–water partition coefficient (Wildman–Crippen LogP) is 2.75. The minimum atomic E-state index is -0.537. The zero-order valence-electron chi connectivity index (χ0n) is 11.1. The number of ketones is 2. The van der Waals surface area contributed by atoms with E-state index in [9.17, 15) is 9.59 Å². The number of rotatable bonds is 0. The van der Waals surface area contributed by atoms with Gasteiger partial charge in [0.1, 0.15) is 5.69 Å². The number of hydrogen-bond donors (Lipinski definition) is 1. The van der Waals surface area contributed by atoms with Crippen LogP contribution in [0.5, 0.6) is 0 Å². The van der Waals surface area contributed by atoms with Crippen LogP contribution >= 0.6 is 0 Å². The van der Waals surface area contributed by atoms with Crippen LogP contribution in [-0.4, -0.2) is 21.5 Å². The van der Waals surface area contributed by atoms with E-state index in [4.69, 9.17) is 0 Å². The Morgan fingerprint density at radius 1 is 1.11 bits per heavy atom. The third kappa shape index (κ3) is 1.63. The molecule has 2 heterocycles. The fourth-order valence-electron chi connectivity index (χ4n) is 2.27. The number of nitrogens with zero attached hydrogens (tertiary/aromatic N) is 1. The number of hydrogen-bond acceptors (Lipinski definition) is 3. The average Bonchev–Trinajstić information content (AvgIpc) is 2.81. The van der Waals surface area contributed by atoms with Gasteiger partial charge in [-0.2, -0.15) is 0 Å². The molecule has 0 aromatic carbocycles. The zero-order valence-corrected chi connectivity index (χ0v) is 11.1. The maximum atomic E-state index is 12.1. The first-order chi connectivity index (χ1) is 8.89. The minimum absolute atomic E-state index is 0.108. The van der Waals surface area contributed by atoms with Crippen molar-refractivity contribution in [3.63, 3.8) is 0 Å². The van der Waals surface area contributed by atoms with Crippen LogP contribution in [0.2, 0.25) is 0 Å². The van der Waals surface area contributed by atoms with Crippen molar-refractivity contribution in [1.29, 1.82) is 0 Å². The van der Waals surface area contributed by atoms with Gasteiger partial charge in [-0.05, 0) is 12.1 Å². The molecule has 2 aromatic rings. The summed E-state index contributed by atoms with van der Waals surface area (Å²) in [6.45, 7) is 6.17. The number of aromatic nitrogens is 2. The summed E-state index contributed by atoms with van der Waals surface area (Å²) in [4.78, 5) is 31.2. The van der Waals surface area contributed by atoms with Crippen LogP contribution in [0.1, 0.15) is 47.4 Å². The summed E-state index contributed by atoms with van der Waals surface area (Å²) in [5, 5.41) is 0. The minimum Gasteiger partial charge on any atom is -0.355 e. The first-order valence-corrected chi connectivity index (χ1v) is 6.17. The van der Waals surface area contributed by atoms with Crippen molar-refractivity contribution >= 4 is 11.6 Å². The van der Waals surface area contributed by atoms with Crippen molar-refractivity contribution in [3.8, 4) is 11.1 Å². The Morgan fingerprint density at radius 2 is 1.84 bits per heavy atom. The van der Waals surface area contributed by atoms with Crippen LogP contribution < -0.4 is 0 Å². The van der Waals surface area contributed by atoms with E-state index in [1.165, 1.54) is 6.20 Å². The number of aromatic amines is 1. The van der Waals surface area contributed by atoms with Gasteiger partial charge in [0.05, 0.1) is 5.69 Å². The van der Waals surface area contributed by atoms with E-state index in [0.717, 1.165) is 16.8 Å². The highest BCUT2D eigenvalue weighted by Gasteiger charge is 2.34. The standard InChI is InChI=1S/C15H14N2O2/c1-15(2,3)10-7-9-8-5-4-6-16-11(8)13(18)14(19)12(9)17-10/h4-7,17H,1-3H3. The second kappa shape index (κ2) is 3.63. The smallest absolute Gasteiger partial charge is 0.254 e. The van der Waals surface area contributed by atoms with Crippen LogP contribution in [0.4, 0.5) is 0 Å². The van der Waals surface area contributed by atoms with E-state index >= 15 is 0 Å². The van der Waals surface area contributed by atoms with Crippen molar-refractivity contribution < 1.29 is 9.59 Å². The average molecular weight is 254 g/mol. The first kappa shape index (κ1) is 11.8. The first-order valence-electron chi connectivity index (χ1n) is 6.17. The predicted molar refractivity (Wildman–Crippen MR) is 71.4 cm³/mol. The number of Topliss-reactive ketones (excluding diaryl/α,β-unsaturated/α-hetero) is 2. The lowest BCUT2D eigenvalue weighted by molar-refractivity contribution is 0.0809. The summed E-state index contributed by atoms with van der Waals surface area (Å²) >= 11 is 0. The summed E-state index contributed by atoms with van der Waals surface area (Å²) in [5.41, 5.74) is 2.97. The van der Waals surface area contributed by atoms with Gasteiger partial charge in [0.15, 0.2) is 0 Å². The SMILES string of the molecule is CC(C)(C)c1cc2c([nH]1)C(=O)C(=O)c1ncccc1-2. The molecule has 0 radical (unpaired) electrons. The molecule has 1 N–H and O–H groups in total. The highest BCUT2D eigenvalue weighted by molar-refractivity contribution is 6.52. The summed E-state index contributed by atoms with van der Waals surface area (Å²) < 4.78 is 0. The molecular formula is C15H14N2O2. The summed E-state index contributed by atoms with van der Waals surface area (Å²) in [6, 6.07) is 5.54. The molecule has 1 aliphatic rings. The maximum Gasteiger partial charge on any atom is 0.254 e. The Balaban J connectivity index is 2.30. The molecule has 3 rings (SSSR count). The number of carbonyl (C=O) groups excluding carboxylic acids is 2. The van der Waals surface area contributed by atoms with Gasteiger partial charge in [-0.25, -0.2) is 0 Å². The van der Waals surface area contributed by atoms with Gasteiger partial charge in [-0.15, -0.1) is 0 Å². The Hall–Kier alpha value is -2.23. The molecule has 0 saturated carbocycles. The third-order valence-electron chi connectivity index (χ3n) is 3.37. The van der Waals surface area contributed by atoms with Crippen molar-refractivity contribution in [2.45, 2.75) is 26.2 Å². The fraction of sp³-hybridized carbons (Fsp3) is 0.267. The maximum absolute atomic E-state index is 12.1. The molecule has 4 nitrogen and oxygen atoms in total. The second-order valence-corrected chi connectivity index (χ2v) is 5.78. The van der Waals surface area contributed by atoms with E-state index in [1.807, 2.05) is 12.1 Å². The van der Waals surface area contributed by atoms with Crippen molar-refractivity contribution in [2.24, 2.45) is 0 Å². The molecule has 1 aliphatic carbocycles. The number of nitrogens with one attached hydrogen (secondary N) is 1. The Bertz CT molecular complexity index is 705. The molecule has 0 unspecified atom stereocenters. The second-order valence-electron chi connectivity index (χ2n) is 5.78. The van der Waals surface area contributed by atoms with E-state index in [-0.39, 0.29) is 11.1 Å². The summed E-state index contributed by atoms with van der Waals surface area (Å²) in [5.74, 6) is -1.04. The molecule has 0 saturated heterocycles. The molecule has 19 heavy (non-hydrogen) atoms. The molecule has 0 fully saturated rings. The lowest BCUT2D eigenvalue weighted by atomic mass is 9.89. The van der Waals surface area contributed by atoms with E-state index < -0.39 is 11.6 Å². The van der Waals surface area contributed by atoms with Crippen molar-refractivity contribution in [3.05, 3.63) is 41.5 Å². The van der Waals surface area contributed by atoms with Gasteiger partial charge in [0.25, 0.3) is 11.6 Å². The van der Waals surface area contributed by atoms with Crippen LogP contribution in [0.25, 0.3) is 11.1 Å². The molecule has 0 aliphatic heterocycles. The molecule has 0 bridgehead atoms. The Morgan fingerprint density at radius 3 is 2.53 bits per heavy atom. The van der Waals surface area contributed by atoms with E-state index in [1.54, 1.807) is 6.07 Å². The fourth-order valence-corrected chi connectivity index (χ4v) is 2.27. The van der Waals surface area contributed by atoms with Gasteiger partial charge >= 0.3 is 0 Å². The van der Waals surface area contributed by atoms with Gasteiger partial charge in [0, 0.05) is 28.4 Å². The van der Waals surface area contributed by atoms with Crippen LogP contribution in [0.3, 0.4) is 0 Å². The Labute approximate surface area is 110 Å². The molecule has 2 aromatic heterocycles. The van der Waals surface area contributed by atoms with Crippen molar-refractivity contribution in [1.82, 2.24) is 9.97 Å². The number of H-pyrrole nitrogens is 1. The highest BCUT2D eigenvalue weighted by Crippen LogP contribution is 2.35. The molecular weight excluding hydrogens is 240 g/mol. The zero-order chi connectivity index (χ0) is 13.8. The van der Waals surface area contributed by atoms with Crippen LogP contribution in [0.15, 0.2) is 24.4 Å². The molecule has 0 atom stereocenters. The van der Waals surface area contributed by atoms with Gasteiger partial charge in [-0.1, -0.05) is 26.8 Å². The summed E-state index contributed by atoms with van der Waals surface area (Å²) in [7, 11) is 0. The van der Waals surface area contributed by atoms with Crippen LogP contribution in [0, 0.1) is 0 Å². The number of fused-ring (bicyclic) bond motifs is 3. The largest absolute Gasteiger partial charge is 0.355 e. The molecule has 0 amide bonds. The quantitative estimate of drug-likeness (QED) is 0.735. The Kier molecular flexibility index (Phi) is 2.26. The number of carbonyl (C=O) groups is 2. The van der Waals surface area contributed by atoms with Gasteiger partial charge in [-0.3, -0.25) is 14.6 Å². The van der Waals surface area contributed by atoms with Crippen LogP contribution in [-0.2, 0) is 5.41 Å². The summed E-state index contributed by atoms with van der Waals surface area (Å²) in [6.07, 6.45) is 1.53. The van der Waals surface area contributed by atoms with Gasteiger partial charge < -0.3 is 4.98 Å². The lowest BCUT2D eigenvalue weighted by Gasteiger charge is -2.15. The van der Waals surface area contributed by atoms with Crippen molar-refractivity contribution in [2.75, 3.05) is 0 Å². The molecule has 96 valence electrons. The topological polar surface area (TPSA) is 62.8 Å². The molecule has 0 spiro atoms. The van der Waals surface area contributed by atoms with Gasteiger partial charge in [0.2, 0.25) is 0 Å². The molecule has 4 heteroatoms. The normalized spacial score (nSPS) is 14.3. The lowest BCUT2D eigenvalue weighted by Crippen LogP contribution is -2.22.